The normalized spacial score (nSPS) is 10.7. The molecule has 0 atom stereocenters. The molecule has 0 saturated carbocycles. The quantitative estimate of drug-likeness (QED) is 0.710. The summed E-state index contributed by atoms with van der Waals surface area (Å²) in [4.78, 5) is 0. The number of nitrogens with one attached hydrogen (secondary N) is 1. The lowest BCUT2D eigenvalue weighted by Gasteiger charge is -1.89. The van der Waals surface area contributed by atoms with Crippen molar-refractivity contribution in [3.63, 3.8) is 0 Å². The molecular formula is C8H6BrN2. The fourth-order valence-corrected chi connectivity index (χ4v) is 1.40. The molecule has 0 aliphatic heterocycles. The van der Waals surface area contributed by atoms with Gasteiger partial charge in [0.15, 0.2) is 0 Å². The summed E-state index contributed by atoms with van der Waals surface area (Å²) in [6.45, 7) is 1.98. The van der Waals surface area contributed by atoms with Gasteiger partial charge in [0.25, 0.3) is 0 Å². The van der Waals surface area contributed by atoms with Crippen LogP contribution in [-0.2, 0) is 0 Å². The number of hydrogen-bond donors (Lipinski definition) is 1. The Balaban J connectivity index is 2.87. The first kappa shape index (κ1) is 6.85. The Morgan fingerprint density at radius 3 is 3.27 bits per heavy atom. The third kappa shape index (κ3) is 1.05. The molecule has 0 spiro atoms. The average molecular weight is 210 g/mol. The van der Waals surface area contributed by atoms with E-state index in [-0.39, 0.29) is 0 Å². The number of rotatable bonds is 0. The van der Waals surface area contributed by atoms with E-state index in [1.54, 1.807) is 0 Å². The van der Waals surface area contributed by atoms with Gasteiger partial charge in [0.2, 0.25) is 0 Å². The summed E-state index contributed by atoms with van der Waals surface area (Å²) in [5, 5.41) is 8.13. The summed E-state index contributed by atoms with van der Waals surface area (Å²) in [6, 6.07) is 6.93. The summed E-state index contributed by atoms with van der Waals surface area (Å²) in [5.74, 6) is 0. The predicted octanol–water partition coefficient (Wildman–Crippen LogP) is 2.43. The molecule has 55 valence electrons. The molecule has 11 heavy (non-hydrogen) atoms. The number of aromatic amines is 1. The van der Waals surface area contributed by atoms with Gasteiger partial charge in [-0.05, 0) is 25.1 Å². The van der Waals surface area contributed by atoms with Crippen molar-refractivity contribution in [2.45, 2.75) is 6.92 Å². The lowest BCUT2D eigenvalue weighted by atomic mass is 10.2. The average Bonchev–Trinajstić information content (AvgIpc) is 2.33. The highest BCUT2D eigenvalue weighted by atomic mass is 79.9. The Labute approximate surface area is 72.7 Å². The standard InChI is InChI=1S/C8H6BrN2/c1-5-7-4-6(9)2-3-8(7)11-10-5/h3-4H,1H3,(H,10,11). The van der Waals surface area contributed by atoms with Crippen LogP contribution in [-0.4, -0.2) is 10.2 Å². The predicted molar refractivity (Wildman–Crippen MR) is 47.4 cm³/mol. The van der Waals surface area contributed by atoms with Crippen LogP contribution in [0, 0.1) is 13.0 Å². The van der Waals surface area contributed by atoms with Gasteiger partial charge in [-0.2, -0.15) is 5.10 Å². The minimum Gasteiger partial charge on any atom is -0.278 e. The second-order valence-corrected chi connectivity index (χ2v) is 3.27. The minimum atomic E-state index is 0.967. The Morgan fingerprint density at radius 1 is 1.64 bits per heavy atom. The Morgan fingerprint density at radius 2 is 2.45 bits per heavy atom. The van der Waals surface area contributed by atoms with E-state index in [1.807, 2.05) is 19.1 Å². The van der Waals surface area contributed by atoms with Gasteiger partial charge in [-0.1, -0.05) is 15.9 Å². The van der Waals surface area contributed by atoms with Crippen molar-refractivity contribution in [2.24, 2.45) is 0 Å². The molecule has 0 fully saturated rings. The van der Waals surface area contributed by atoms with Crippen LogP contribution in [0.15, 0.2) is 16.6 Å². The molecule has 0 aliphatic carbocycles. The van der Waals surface area contributed by atoms with Crippen LogP contribution >= 0.6 is 15.9 Å². The molecule has 3 heteroatoms. The van der Waals surface area contributed by atoms with Crippen molar-refractivity contribution in [3.8, 4) is 0 Å². The van der Waals surface area contributed by atoms with Crippen molar-refractivity contribution in [2.75, 3.05) is 0 Å². The van der Waals surface area contributed by atoms with Crippen LogP contribution < -0.4 is 0 Å². The van der Waals surface area contributed by atoms with E-state index in [0.717, 1.165) is 21.1 Å². The number of benzene rings is 1. The first-order valence-electron chi connectivity index (χ1n) is 3.29. The second-order valence-electron chi connectivity index (χ2n) is 2.42. The van der Waals surface area contributed by atoms with E-state index in [2.05, 4.69) is 32.2 Å². The molecule has 1 aromatic carbocycles. The minimum absolute atomic E-state index is 0.967. The van der Waals surface area contributed by atoms with Gasteiger partial charge in [0.1, 0.15) is 0 Å². The zero-order valence-corrected chi connectivity index (χ0v) is 7.57. The van der Waals surface area contributed by atoms with Gasteiger partial charge in [0.05, 0.1) is 11.2 Å². The Kier molecular flexibility index (Phi) is 1.46. The molecule has 0 bridgehead atoms. The summed E-state index contributed by atoms with van der Waals surface area (Å²) >= 11 is 3.35. The molecular weight excluding hydrogens is 204 g/mol. The lowest BCUT2D eigenvalue weighted by Crippen LogP contribution is -1.69. The summed E-state index contributed by atoms with van der Waals surface area (Å²) in [5.41, 5.74) is 2.06. The first-order chi connectivity index (χ1) is 5.27. The van der Waals surface area contributed by atoms with Crippen molar-refractivity contribution in [1.82, 2.24) is 10.2 Å². The molecule has 1 heterocycles. The maximum Gasteiger partial charge on any atom is 0.0670 e. The van der Waals surface area contributed by atoms with E-state index in [1.165, 1.54) is 0 Å². The van der Waals surface area contributed by atoms with E-state index >= 15 is 0 Å². The van der Waals surface area contributed by atoms with Crippen LogP contribution in [0.4, 0.5) is 0 Å². The highest BCUT2D eigenvalue weighted by Gasteiger charge is 1.99. The smallest absolute Gasteiger partial charge is 0.0670 e. The van der Waals surface area contributed by atoms with Gasteiger partial charge in [-0.15, -0.1) is 0 Å². The molecule has 1 radical (unpaired) electrons. The van der Waals surface area contributed by atoms with Gasteiger partial charge in [-0.3, -0.25) is 5.10 Å². The molecule has 0 unspecified atom stereocenters. The topological polar surface area (TPSA) is 28.7 Å². The molecule has 0 saturated heterocycles. The Hall–Kier alpha value is -0.830. The van der Waals surface area contributed by atoms with Gasteiger partial charge in [-0.25, -0.2) is 0 Å². The summed E-state index contributed by atoms with van der Waals surface area (Å²) in [7, 11) is 0. The number of hydrogen-bond acceptors (Lipinski definition) is 1. The molecule has 2 nitrogen and oxygen atoms in total. The van der Waals surface area contributed by atoms with Gasteiger partial charge >= 0.3 is 0 Å². The number of aryl methyl sites for hydroxylation is 1. The summed E-state index contributed by atoms with van der Waals surface area (Å²) < 4.78 is 0.967. The highest BCUT2D eigenvalue weighted by Crippen LogP contribution is 2.19. The monoisotopic (exact) mass is 209 g/mol. The fraction of sp³-hybridized carbons (Fsp3) is 0.125. The number of fused-ring (bicyclic) bond motifs is 1. The molecule has 2 rings (SSSR count). The van der Waals surface area contributed by atoms with Crippen LogP contribution in [0.25, 0.3) is 10.9 Å². The van der Waals surface area contributed by atoms with Gasteiger partial charge in [0, 0.05) is 9.86 Å². The number of nitrogens with zero attached hydrogens (tertiary/aromatic N) is 1. The highest BCUT2D eigenvalue weighted by molar-refractivity contribution is 9.10. The van der Waals surface area contributed by atoms with E-state index in [9.17, 15) is 0 Å². The fourth-order valence-electron chi connectivity index (χ4n) is 1.06. The number of halogens is 1. The molecule has 0 aliphatic rings. The largest absolute Gasteiger partial charge is 0.278 e. The second kappa shape index (κ2) is 2.34. The number of H-pyrrole nitrogens is 1. The molecule has 2 aromatic rings. The molecule has 0 amide bonds. The zero-order chi connectivity index (χ0) is 7.84. The first-order valence-corrected chi connectivity index (χ1v) is 4.08. The van der Waals surface area contributed by atoms with E-state index in [4.69, 9.17) is 0 Å². The van der Waals surface area contributed by atoms with Crippen molar-refractivity contribution in [3.05, 3.63) is 28.4 Å². The van der Waals surface area contributed by atoms with Crippen molar-refractivity contribution >= 4 is 26.8 Å². The Bertz CT molecular complexity index is 392. The van der Waals surface area contributed by atoms with E-state index in [0.29, 0.717) is 0 Å². The van der Waals surface area contributed by atoms with Crippen LogP contribution in [0.5, 0.6) is 0 Å². The van der Waals surface area contributed by atoms with Crippen molar-refractivity contribution < 1.29 is 0 Å². The lowest BCUT2D eigenvalue weighted by molar-refractivity contribution is 1.07. The van der Waals surface area contributed by atoms with Crippen LogP contribution in [0.2, 0.25) is 0 Å². The van der Waals surface area contributed by atoms with Gasteiger partial charge < -0.3 is 0 Å². The third-order valence-corrected chi connectivity index (χ3v) is 2.11. The number of aromatic nitrogens is 2. The van der Waals surface area contributed by atoms with Crippen molar-refractivity contribution in [1.29, 1.82) is 0 Å². The maximum absolute atomic E-state index is 4.07. The maximum atomic E-state index is 4.07. The summed E-state index contributed by atoms with van der Waals surface area (Å²) in [6.07, 6.45) is 0. The SMILES string of the molecule is Cc1n[nH]c2c[c]c(Br)cc12. The van der Waals surface area contributed by atoms with Crippen LogP contribution in [0.3, 0.4) is 0 Å². The zero-order valence-electron chi connectivity index (χ0n) is 5.98. The van der Waals surface area contributed by atoms with Crippen LogP contribution in [0.1, 0.15) is 5.69 Å². The third-order valence-electron chi connectivity index (χ3n) is 1.65. The van der Waals surface area contributed by atoms with E-state index < -0.39 is 0 Å². The molecule has 1 aromatic heterocycles. The molecule has 1 N–H and O–H groups in total.